The molecule has 1 unspecified atom stereocenters. The number of hydrogen-bond acceptors (Lipinski definition) is 1. The van der Waals surface area contributed by atoms with Crippen LogP contribution in [0, 0.1) is 5.92 Å². The van der Waals surface area contributed by atoms with Crippen molar-refractivity contribution in [2.75, 3.05) is 13.1 Å². The van der Waals surface area contributed by atoms with Crippen LogP contribution in [0.1, 0.15) is 13.8 Å². The molecule has 0 saturated heterocycles. The van der Waals surface area contributed by atoms with E-state index in [1.54, 1.807) is 0 Å². The lowest BCUT2D eigenvalue weighted by molar-refractivity contribution is -0.186. The van der Waals surface area contributed by atoms with E-state index in [1.807, 2.05) is 0 Å². The molecule has 0 aromatic carbocycles. The molecule has 10 heteroatoms. The molecule has 0 aromatic rings. The van der Waals surface area contributed by atoms with E-state index in [0.29, 0.717) is 4.90 Å². The molecule has 0 aromatic heterocycles. The Balaban J connectivity index is 5.80. The lowest BCUT2D eigenvalue weighted by atomic mass is 10.0. The Bertz CT molecular complexity index is 380. The predicted octanol–water partition coefficient (Wildman–Crippen LogP) is 3.75. The number of carbonyl (C=O) groups is 1. The maximum absolute atomic E-state index is 13.2. The van der Waals surface area contributed by atoms with Gasteiger partial charge < -0.3 is 4.90 Å². The second-order valence-electron chi connectivity index (χ2n) is 3.64. The van der Waals surface area contributed by atoms with Crippen LogP contribution in [0.25, 0.3) is 0 Å². The molecular formula is C10H11F8NO. The molecule has 0 saturated carbocycles. The lowest BCUT2D eigenvalue weighted by Crippen LogP contribution is -2.43. The summed E-state index contributed by atoms with van der Waals surface area (Å²) in [7, 11) is 0. The molecule has 118 valence electrons. The van der Waals surface area contributed by atoms with Crippen LogP contribution in [-0.4, -0.2) is 36.2 Å². The fourth-order valence-electron chi connectivity index (χ4n) is 1.37. The molecule has 0 aliphatic heterocycles. The standard InChI is InChI=1S/C10H11F8NO/c1-3-19(4-2)8(20)5(9(13,14)15)6(11)7(12)10(16,17)18/h5H,3-4H2,1-2H3/b7-6+. The summed E-state index contributed by atoms with van der Waals surface area (Å²) in [6.45, 7) is 1.92. The first kappa shape index (κ1) is 18.7. The highest BCUT2D eigenvalue weighted by Gasteiger charge is 2.53. The van der Waals surface area contributed by atoms with E-state index < -0.39 is 35.8 Å². The van der Waals surface area contributed by atoms with Crippen LogP contribution in [0.3, 0.4) is 0 Å². The minimum atomic E-state index is -5.93. The van der Waals surface area contributed by atoms with Crippen molar-refractivity contribution in [2.24, 2.45) is 5.92 Å². The third kappa shape index (κ3) is 4.34. The van der Waals surface area contributed by atoms with Gasteiger partial charge in [-0.05, 0) is 13.8 Å². The fourth-order valence-corrected chi connectivity index (χ4v) is 1.37. The van der Waals surface area contributed by atoms with E-state index >= 15 is 0 Å². The van der Waals surface area contributed by atoms with E-state index in [2.05, 4.69) is 0 Å². The van der Waals surface area contributed by atoms with Crippen molar-refractivity contribution >= 4 is 5.91 Å². The van der Waals surface area contributed by atoms with Gasteiger partial charge in [0.15, 0.2) is 11.7 Å². The summed E-state index contributed by atoms with van der Waals surface area (Å²) in [4.78, 5) is 11.9. The Kier molecular flexibility index (Phi) is 5.97. The molecule has 0 radical (unpaired) electrons. The third-order valence-corrected chi connectivity index (χ3v) is 2.36. The van der Waals surface area contributed by atoms with Crippen molar-refractivity contribution in [3.8, 4) is 0 Å². The Labute approximate surface area is 109 Å². The Morgan fingerprint density at radius 1 is 1.00 bits per heavy atom. The Morgan fingerprint density at radius 2 is 1.40 bits per heavy atom. The van der Waals surface area contributed by atoms with Crippen LogP contribution in [0.15, 0.2) is 11.7 Å². The highest BCUT2D eigenvalue weighted by atomic mass is 19.4. The number of nitrogens with zero attached hydrogens (tertiary/aromatic N) is 1. The number of alkyl halides is 6. The van der Waals surface area contributed by atoms with Crippen molar-refractivity contribution in [1.82, 2.24) is 4.90 Å². The summed E-state index contributed by atoms with van der Waals surface area (Å²) in [5.41, 5.74) is 0. The smallest absolute Gasteiger partial charge is 0.342 e. The van der Waals surface area contributed by atoms with E-state index in [9.17, 15) is 39.9 Å². The zero-order valence-corrected chi connectivity index (χ0v) is 10.4. The average Bonchev–Trinajstić information content (AvgIpc) is 2.26. The van der Waals surface area contributed by atoms with Gasteiger partial charge >= 0.3 is 12.4 Å². The molecule has 0 heterocycles. The molecule has 20 heavy (non-hydrogen) atoms. The first-order valence-electron chi connectivity index (χ1n) is 5.35. The highest BCUT2D eigenvalue weighted by molar-refractivity contribution is 5.82. The summed E-state index contributed by atoms with van der Waals surface area (Å²) < 4.78 is 99.2. The SMILES string of the molecule is CCN(CC)C(=O)C(/C(F)=C(\F)C(F)(F)F)C(F)(F)F. The molecular weight excluding hydrogens is 302 g/mol. The largest absolute Gasteiger partial charge is 0.445 e. The average molecular weight is 313 g/mol. The number of rotatable bonds is 4. The molecule has 0 N–H and O–H groups in total. The topological polar surface area (TPSA) is 20.3 Å². The normalized spacial score (nSPS) is 15.7. The molecule has 1 atom stereocenters. The summed E-state index contributed by atoms with van der Waals surface area (Å²) >= 11 is 0. The number of hydrogen-bond donors (Lipinski definition) is 0. The van der Waals surface area contributed by atoms with Crippen molar-refractivity contribution in [2.45, 2.75) is 26.2 Å². The second-order valence-corrected chi connectivity index (χ2v) is 3.64. The van der Waals surface area contributed by atoms with Crippen molar-refractivity contribution in [3.05, 3.63) is 11.7 Å². The molecule has 0 rings (SSSR count). The number of allylic oxidation sites excluding steroid dienone is 1. The Morgan fingerprint density at radius 3 is 1.65 bits per heavy atom. The van der Waals surface area contributed by atoms with E-state index in [0.717, 1.165) is 0 Å². The quantitative estimate of drug-likeness (QED) is 0.724. The van der Waals surface area contributed by atoms with Crippen molar-refractivity contribution in [1.29, 1.82) is 0 Å². The van der Waals surface area contributed by atoms with Crippen molar-refractivity contribution < 1.29 is 39.9 Å². The van der Waals surface area contributed by atoms with E-state index in [1.165, 1.54) is 13.8 Å². The van der Waals surface area contributed by atoms with Gasteiger partial charge in [-0.25, -0.2) is 4.39 Å². The highest BCUT2D eigenvalue weighted by Crippen LogP contribution is 2.40. The maximum atomic E-state index is 13.2. The van der Waals surface area contributed by atoms with Crippen LogP contribution in [0.2, 0.25) is 0 Å². The summed E-state index contributed by atoms with van der Waals surface area (Å²) in [5, 5.41) is 0. The minimum Gasteiger partial charge on any atom is -0.342 e. The van der Waals surface area contributed by atoms with Gasteiger partial charge in [0.25, 0.3) is 0 Å². The molecule has 1 amide bonds. The van der Waals surface area contributed by atoms with Crippen LogP contribution in [0.4, 0.5) is 35.1 Å². The summed E-state index contributed by atoms with van der Waals surface area (Å²) in [6.07, 6.45) is -11.6. The van der Waals surface area contributed by atoms with E-state index in [4.69, 9.17) is 0 Å². The molecule has 0 aliphatic rings. The number of halogens is 8. The van der Waals surface area contributed by atoms with Gasteiger partial charge in [0.05, 0.1) is 0 Å². The lowest BCUT2D eigenvalue weighted by Gasteiger charge is -2.26. The summed E-state index contributed by atoms with van der Waals surface area (Å²) in [5.74, 6) is -12.5. The second kappa shape index (κ2) is 6.40. The minimum absolute atomic E-state index is 0.289. The van der Waals surface area contributed by atoms with E-state index in [-0.39, 0.29) is 13.1 Å². The molecule has 0 bridgehead atoms. The molecule has 0 aliphatic carbocycles. The molecule has 2 nitrogen and oxygen atoms in total. The first-order chi connectivity index (χ1) is 8.87. The van der Waals surface area contributed by atoms with Gasteiger partial charge in [-0.3, -0.25) is 4.79 Å². The van der Waals surface area contributed by atoms with Gasteiger partial charge in [0.1, 0.15) is 0 Å². The van der Waals surface area contributed by atoms with Gasteiger partial charge in [-0.1, -0.05) is 0 Å². The van der Waals surface area contributed by atoms with Crippen LogP contribution < -0.4 is 0 Å². The maximum Gasteiger partial charge on any atom is 0.445 e. The predicted molar refractivity (Wildman–Crippen MR) is 52.8 cm³/mol. The zero-order chi connectivity index (χ0) is 16.3. The van der Waals surface area contributed by atoms with Crippen molar-refractivity contribution in [3.63, 3.8) is 0 Å². The van der Waals surface area contributed by atoms with Gasteiger partial charge in [-0.2, -0.15) is 30.7 Å². The van der Waals surface area contributed by atoms with Gasteiger partial charge in [0.2, 0.25) is 11.7 Å². The van der Waals surface area contributed by atoms with Crippen LogP contribution in [0.5, 0.6) is 0 Å². The van der Waals surface area contributed by atoms with Gasteiger partial charge in [-0.15, -0.1) is 0 Å². The zero-order valence-electron chi connectivity index (χ0n) is 10.4. The number of amides is 1. The monoisotopic (exact) mass is 313 g/mol. The van der Waals surface area contributed by atoms with Crippen LogP contribution >= 0.6 is 0 Å². The third-order valence-electron chi connectivity index (χ3n) is 2.36. The summed E-state index contributed by atoms with van der Waals surface area (Å²) in [6, 6.07) is 0. The fraction of sp³-hybridized carbons (Fsp3) is 0.700. The molecule has 0 spiro atoms. The molecule has 0 fully saturated rings. The first-order valence-corrected chi connectivity index (χ1v) is 5.35. The number of carbonyl (C=O) groups excluding carboxylic acids is 1. The van der Waals surface area contributed by atoms with Gasteiger partial charge in [0, 0.05) is 13.1 Å². The van der Waals surface area contributed by atoms with Crippen LogP contribution in [-0.2, 0) is 4.79 Å². The Hall–Kier alpha value is -1.35.